The zero-order chi connectivity index (χ0) is 20.9. The van der Waals surface area contributed by atoms with Gasteiger partial charge in [0.05, 0.1) is 41.1 Å². The van der Waals surface area contributed by atoms with Crippen LogP contribution in [0.4, 0.5) is 0 Å². The van der Waals surface area contributed by atoms with Crippen molar-refractivity contribution in [1.29, 1.82) is 0 Å². The summed E-state index contributed by atoms with van der Waals surface area (Å²) in [6, 6.07) is 3.85. The summed E-state index contributed by atoms with van der Waals surface area (Å²) in [6.45, 7) is 9.23. The van der Waals surface area contributed by atoms with Gasteiger partial charge >= 0.3 is 0 Å². The number of nitrogens with zero attached hydrogens (tertiary/aromatic N) is 2. The van der Waals surface area contributed by atoms with Crippen molar-refractivity contribution in [1.82, 2.24) is 15.5 Å². The molecule has 1 aliphatic heterocycles. The van der Waals surface area contributed by atoms with Gasteiger partial charge in [-0.25, -0.2) is 4.99 Å². The van der Waals surface area contributed by atoms with Gasteiger partial charge in [0.25, 0.3) is 0 Å². The van der Waals surface area contributed by atoms with E-state index in [0.717, 1.165) is 63.9 Å². The topological polar surface area (TPSA) is 76.6 Å². The normalized spacial score (nSPS) is 15.1. The van der Waals surface area contributed by atoms with Gasteiger partial charge in [0.2, 0.25) is 5.75 Å². The van der Waals surface area contributed by atoms with Gasteiger partial charge < -0.3 is 29.6 Å². The third-order valence-electron chi connectivity index (χ3n) is 4.79. The molecule has 164 valence electrons. The molecule has 0 saturated carbocycles. The van der Waals surface area contributed by atoms with Crippen molar-refractivity contribution in [3.63, 3.8) is 0 Å². The smallest absolute Gasteiger partial charge is 0.203 e. The molecular formula is C21H36N4O4. The second-order valence-electron chi connectivity index (χ2n) is 6.82. The summed E-state index contributed by atoms with van der Waals surface area (Å²) >= 11 is 0. The maximum Gasteiger partial charge on any atom is 0.203 e. The van der Waals surface area contributed by atoms with Gasteiger partial charge in [0, 0.05) is 26.2 Å². The first-order chi connectivity index (χ1) is 14.2. The van der Waals surface area contributed by atoms with Crippen LogP contribution in [0.2, 0.25) is 0 Å². The Kier molecular flexibility index (Phi) is 10.4. The minimum absolute atomic E-state index is 0.514. The lowest BCUT2D eigenvalue weighted by atomic mass is 10.2. The molecule has 1 fully saturated rings. The molecule has 0 amide bonds. The zero-order valence-corrected chi connectivity index (χ0v) is 18.3. The zero-order valence-electron chi connectivity index (χ0n) is 18.3. The van der Waals surface area contributed by atoms with Crippen molar-refractivity contribution in [3.05, 3.63) is 17.7 Å². The third kappa shape index (κ3) is 7.62. The van der Waals surface area contributed by atoms with Crippen LogP contribution in [0.5, 0.6) is 17.2 Å². The van der Waals surface area contributed by atoms with E-state index in [0.29, 0.717) is 23.8 Å². The number of morpholine rings is 1. The molecule has 2 rings (SSSR count). The summed E-state index contributed by atoms with van der Waals surface area (Å²) in [5.41, 5.74) is 0.990. The summed E-state index contributed by atoms with van der Waals surface area (Å²) in [6.07, 6.45) is 2.27. The predicted molar refractivity (Wildman–Crippen MR) is 115 cm³/mol. The van der Waals surface area contributed by atoms with E-state index in [-0.39, 0.29) is 0 Å². The lowest BCUT2D eigenvalue weighted by Crippen LogP contribution is -2.39. The molecule has 29 heavy (non-hydrogen) atoms. The number of rotatable bonds is 11. The number of hydrogen-bond acceptors (Lipinski definition) is 6. The quantitative estimate of drug-likeness (QED) is 0.329. The molecule has 1 aromatic carbocycles. The van der Waals surface area contributed by atoms with Crippen LogP contribution in [0.3, 0.4) is 0 Å². The van der Waals surface area contributed by atoms with Crippen LogP contribution in [-0.2, 0) is 11.3 Å². The SMILES string of the molecule is CCNC(=NCc1cc(OC)c(OC)c(OC)c1)NCCCCN1CCOCC1. The lowest BCUT2D eigenvalue weighted by molar-refractivity contribution is 0.0372. The van der Waals surface area contributed by atoms with Gasteiger partial charge in [-0.2, -0.15) is 0 Å². The summed E-state index contributed by atoms with van der Waals surface area (Å²) in [4.78, 5) is 7.16. The molecule has 1 saturated heterocycles. The number of unbranched alkanes of at least 4 members (excludes halogenated alkanes) is 1. The van der Waals surface area contributed by atoms with Crippen LogP contribution >= 0.6 is 0 Å². The van der Waals surface area contributed by atoms with Crippen LogP contribution < -0.4 is 24.8 Å². The van der Waals surface area contributed by atoms with Crippen LogP contribution in [-0.4, -0.2) is 78.1 Å². The molecule has 8 heteroatoms. The predicted octanol–water partition coefficient (Wildman–Crippen LogP) is 1.88. The highest BCUT2D eigenvalue weighted by atomic mass is 16.5. The van der Waals surface area contributed by atoms with E-state index in [1.165, 1.54) is 6.42 Å². The molecule has 0 aromatic heterocycles. The Morgan fingerprint density at radius 1 is 1.03 bits per heavy atom. The first-order valence-electron chi connectivity index (χ1n) is 10.3. The van der Waals surface area contributed by atoms with Gasteiger partial charge in [0.15, 0.2) is 17.5 Å². The van der Waals surface area contributed by atoms with Gasteiger partial charge in [-0.05, 0) is 44.0 Å². The first-order valence-corrected chi connectivity index (χ1v) is 10.3. The van der Waals surface area contributed by atoms with Crippen LogP contribution in [0.1, 0.15) is 25.3 Å². The summed E-state index contributed by atoms with van der Waals surface area (Å²) in [5, 5.41) is 6.71. The molecule has 8 nitrogen and oxygen atoms in total. The summed E-state index contributed by atoms with van der Waals surface area (Å²) < 4.78 is 21.6. The fraction of sp³-hybridized carbons (Fsp3) is 0.667. The van der Waals surface area contributed by atoms with E-state index in [4.69, 9.17) is 23.9 Å². The second kappa shape index (κ2) is 13.1. The van der Waals surface area contributed by atoms with Gasteiger partial charge in [0.1, 0.15) is 0 Å². The van der Waals surface area contributed by atoms with E-state index in [1.54, 1.807) is 21.3 Å². The molecule has 1 heterocycles. The average Bonchev–Trinajstić information content (AvgIpc) is 2.76. The van der Waals surface area contributed by atoms with E-state index in [2.05, 4.69) is 22.5 Å². The van der Waals surface area contributed by atoms with Crippen molar-refractivity contribution >= 4 is 5.96 Å². The highest BCUT2D eigenvalue weighted by molar-refractivity contribution is 5.79. The lowest BCUT2D eigenvalue weighted by Gasteiger charge is -2.26. The van der Waals surface area contributed by atoms with E-state index in [1.807, 2.05) is 12.1 Å². The molecule has 1 aromatic rings. The minimum atomic E-state index is 0.514. The number of nitrogens with one attached hydrogen (secondary N) is 2. The Hall–Kier alpha value is -2.19. The van der Waals surface area contributed by atoms with Crippen molar-refractivity contribution in [2.75, 3.05) is 67.3 Å². The number of aliphatic imine (C=N–C) groups is 1. The van der Waals surface area contributed by atoms with Gasteiger partial charge in [-0.3, -0.25) is 4.90 Å². The number of guanidine groups is 1. The van der Waals surface area contributed by atoms with Crippen molar-refractivity contribution in [2.45, 2.75) is 26.3 Å². The second-order valence-corrected chi connectivity index (χ2v) is 6.82. The van der Waals surface area contributed by atoms with Gasteiger partial charge in [-0.15, -0.1) is 0 Å². The summed E-state index contributed by atoms with van der Waals surface area (Å²) in [7, 11) is 4.84. The molecule has 0 spiro atoms. The molecule has 0 atom stereocenters. The number of ether oxygens (including phenoxy) is 4. The molecule has 2 N–H and O–H groups in total. The fourth-order valence-corrected chi connectivity index (χ4v) is 3.23. The van der Waals surface area contributed by atoms with Crippen LogP contribution in [0.25, 0.3) is 0 Å². The van der Waals surface area contributed by atoms with E-state index < -0.39 is 0 Å². The summed E-state index contributed by atoms with van der Waals surface area (Å²) in [5.74, 6) is 2.68. The highest BCUT2D eigenvalue weighted by Gasteiger charge is 2.13. The Morgan fingerprint density at radius 2 is 1.72 bits per heavy atom. The van der Waals surface area contributed by atoms with Crippen molar-refractivity contribution < 1.29 is 18.9 Å². The third-order valence-corrected chi connectivity index (χ3v) is 4.79. The highest BCUT2D eigenvalue weighted by Crippen LogP contribution is 2.38. The number of methoxy groups -OCH3 is 3. The molecule has 0 radical (unpaired) electrons. The molecule has 0 bridgehead atoms. The average molecular weight is 409 g/mol. The van der Waals surface area contributed by atoms with Gasteiger partial charge in [-0.1, -0.05) is 0 Å². The molecule has 0 aliphatic carbocycles. The van der Waals surface area contributed by atoms with E-state index >= 15 is 0 Å². The fourth-order valence-electron chi connectivity index (χ4n) is 3.23. The molecule has 1 aliphatic rings. The minimum Gasteiger partial charge on any atom is -0.493 e. The Labute approximate surface area is 174 Å². The first kappa shape index (κ1) is 23.1. The largest absolute Gasteiger partial charge is 0.493 e. The standard InChI is InChI=1S/C21H36N4O4/c1-5-22-21(23-8-6-7-9-25-10-12-29-13-11-25)24-16-17-14-18(26-2)20(28-4)19(15-17)27-3/h14-15H,5-13,16H2,1-4H3,(H2,22,23,24). The number of hydrogen-bond donors (Lipinski definition) is 2. The van der Waals surface area contributed by atoms with Crippen molar-refractivity contribution in [2.24, 2.45) is 4.99 Å². The van der Waals surface area contributed by atoms with Crippen LogP contribution in [0, 0.1) is 0 Å². The van der Waals surface area contributed by atoms with Crippen LogP contribution in [0.15, 0.2) is 17.1 Å². The Balaban J connectivity index is 1.86. The maximum atomic E-state index is 5.42. The monoisotopic (exact) mass is 408 g/mol. The maximum absolute atomic E-state index is 5.42. The van der Waals surface area contributed by atoms with E-state index in [9.17, 15) is 0 Å². The molecule has 0 unspecified atom stereocenters. The Morgan fingerprint density at radius 3 is 2.31 bits per heavy atom. The number of benzene rings is 1. The Bertz CT molecular complexity index is 608. The van der Waals surface area contributed by atoms with Crippen molar-refractivity contribution in [3.8, 4) is 17.2 Å². The molecular weight excluding hydrogens is 372 g/mol.